The number of carbonyl (C=O) groups is 2. The quantitative estimate of drug-likeness (QED) is 0.302. The van der Waals surface area contributed by atoms with Gasteiger partial charge in [0.15, 0.2) is 0 Å². The van der Waals surface area contributed by atoms with Gasteiger partial charge in [-0.1, -0.05) is 18.2 Å². The molecule has 0 heterocycles. The fourth-order valence-corrected chi connectivity index (χ4v) is 1.82. The highest BCUT2D eigenvalue weighted by Crippen LogP contribution is 2.15. The monoisotopic (exact) mass is 288 g/mol. The molecule has 0 spiro atoms. The van der Waals surface area contributed by atoms with Crippen LogP contribution in [0, 0.1) is 0 Å². The first-order chi connectivity index (χ1) is 10.2. The van der Waals surface area contributed by atoms with E-state index in [4.69, 9.17) is 9.47 Å². The Hall–Kier alpha value is -2.36. The molecule has 0 aromatic heterocycles. The van der Waals surface area contributed by atoms with Crippen LogP contribution in [-0.2, 0) is 20.7 Å². The molecule has 1 aromatic carbocycles. The summed E-state index contributed by atoms with van der Waals surface area (Å²) in [6, 6.07) is 7.34. The maximum absolute atomic E-state index is 11.4. The van der Waals surface area contributed by atoms with E-state index in [1.165, 1.54) is 6.08 Å². The summed E-state index contributed by atoms with van der Waals surface area (Å²) in [5.41, 5.74) is 1.14. The first-order valence-electron chi connectivity index (χ1n) is 6.85. The van der Waals surface area contributed by atoms with Gasteiger partial charge in [0.25, 0.3) is 6.47 Å². The summed E-state index contributed by atoms with van der Waals surface area (Å²) in [4.78, 5) is 21.6. The molecule has 0 fully saturated rings. The molecule has 0 amide bonds. The lowest BCUT2D eigenvalue weighted by atomic mass is 10.1. The standard InChI is InChI=1S/C17H20O4/c1-3-6-17(19)21-15(4-2)8-5-7-14-9-11-16(12-10-14)20-13-18/h3-4,9-13H,1,5-8H2,2H3/b15-4+. The van der Waals surface area contributed by atoms with Gasteiger partial charge in [-0.25, -0.2) is 0 Å². The smallest absolute Gasteiger partial charge is 0.314 e. The maximum atomic E-state index is 11.4. The highest BCUT2D eigenvalue weighted by molar-refractivity contribution is 5.72. The number of benzene rings is 1. The van der Waals surface area contributed by atoms with Crippen LogP contribution in [0.3, 0.4) is 0 Å². The molecular formula is C17H20O4. The van der Waals surface area contributed by atoms with Gasteiger partial charge in [0.2, 0.25) is 0 Å². The van der Waals surface area contributed by atoms with Crippen molar-refractivity contribution in [2.24, 2.45) is 0 Å². The number of aryl methyl sites for hydroxylation is 1. The lowest BCUT2D eigenvalue weighted by molar-refractivity contribution is -0.138. The molecule has 0 bridgehead atoms. The Kier molecular flexibility index (Phi) is 7.58. The molecule has 0 atom stereocenters. The minimum Gasteiger partial charge on any atom is -0.431 e. The third kappa shape index (κ3) is 6.56. The van der Waals surface area contributed by atoms with Gasteiger partial charge in [-0.2, -0.15) is 0 Å². The Labute approximate surface area is 125 Å². The van der Waals surface area contributed by atoms with Crippen molar-refractivity contribution in [3.63, 3.8) is 0 Å². The molecule has 0 saturated carbocycles. The van der Waals surface area contributed by atoms with Gasteiger partial charge in [-0.15, -0.1) is 6.58 Å². The molecule has 0 aliphatic carbocycles. The molecule has 112 valence electrons. The fourth-order valence-electron chi connectivity index (χ4n) is 1.82. The third-order valence-corrected chi connectivity index (χ3v) is 2.87. The molecule has 1 rings (SSSR count). The number of rotatable bonds is 9. The van der Waals surface area contributed by atoms with E-state index in [0.717, 1.165) is 18.4 Å². The van der Waals surface area contributed by atoms with Crippen LogP contribution >= 0.6 is 0 Å². The second kappa shape index (κ2) is 9.53. The summed E-state index contributed by atoms with van der Waals surface area (Å²) in [7, 11) is 0. The Balaban J connectivity index is 2.38. The van der Waals surface area contributed by atoms with Crippen molar-refractivity contribution < 1.29 is 19.1 Å². The van der Waals surface area contributed by atoms with Crippen LogP contribution in [0.15, 0.2) is 48.8 Å². The zero-order chi connectivity index (χ0) is 15.5. The molecule has 0 aliphatic rings. The fraction of sp³-hybridized carbons (Fsp3) is 0.294. The largest absolute Gasteiger partial charge is 0.431 e. The van der Waals surface area contributed by atoms with Gasteiger partial charge in [0.05, 0.1) is 6.42 Å². The van der Waals surface area contributed by atoms with Crippen molar-refractivity contribution in [2.75, 3.05) is 0 Å². The normalized spacial score (nSPS) is 10.8. The summed E-state index contributed by atoms with van der Waals surface area (Å²) >= 11 is 0. The van der Waals surface area contributed by atoms with Crippen LogP contribution in [-0.4, -0.2) is 12.4 Å². The lowest BCUT2D eigenvalue weighted by Crippen LogP contribution is -2.03. The number of carbonyl (C=O) groups excluding carboxylic acids is 2. The number of esters is 1. The van der Waals surface area contributed by atoms with E-state index in [1.54, 1.807) is 12.1 Å². The van der Waals surface area contributed by atoms with Crippen LogP contribution in [0.4, 0.5) is 0 Å². The SMILES string of the molecule is C=CCC(=O)O/C(=C/C)CCCc1ccc(OC=O)cc1. The van der Waals surface area contributed by atoms with E-state index in [-0.39, 0.29) is 12.4 Å². The second-order valence-corrected chi connectivity index (χ2v) is 4.43. The number of ether oxygens (including phenoxy) is 2. The molecule has 4 heteroatoms. The Morgan fingerprint density at radius 1 is 1.29 bits per heavy atom. The van der Waals surface area contributed by atoms with Crippen molar-refractivity contribution in [3.8, 4) is 5.75 Å². The Bertz CT molecular complexity index is 500. The van der Waals surface area contributed by atoms with Crippen molar-refractivity contribution >= 4 is 12.4 Å². The maximum Gasteiger partial charge on any atom is 0.314 e. The van der Waals surface area contributed by atoms with E-state index in [1.807, 2.05) is 25.1 Å². The van der Waals surface area contributed by atoms with E-state index < -0.39 is 0 Å². The summed E-state index contributed by atoms with van der Waals surface area (Å²) in [6.07, 6.45) is 5.98. The molecule has 0 aliphatic heterocycles. The molecule has 4 nitrogen and oxygen atoms in total. The molecule has 0 unspecified atom stereocenters. The van der Waals surface area contributed by atoms with E-state index >= 15 is 0 Å². The Morgan fingerprint density at radius 3 is 2.57 bits per heavy atom. The number of hydrogen-bond donors (Lipinski definition) is 0. The average Bonchev–Trinajstić information content (AvgIpc) is 2.48. The second-order valence-electron chi connectivity index (χ2n) is 4.43. The molecular weight excluding hydrogens is 268 g/mol. The zero-order valence-electron chi connectivity index (χ0n) is 12.2. The lowest BCUT2D eigenvalue weighted by Gasteiger charge is -2.08. The molecule has 1 aromatic rings. The van der Waals surface area contributed by atoms with Gasteiger partial charge in [0.1, 0.15) is 11.5 Å². The van der Waals surface area contributed by atoms with Crippen LogP contribution in [0.5, 0.6) is 5.75 Å². The van der Waals surface area contributed by atoms with Crippen LogP contribution in [0.25, 0.3) is 0 Å². The minimum atomic E-state index is -0.284. The topological polar surface area (TPSA) is 52.6 Å². The van der Waals surface area contributed by atoms with Gasteiger partial charge >= 0.3 is 5.97 Å². The Morgan fingerprint density at radius 2 is 2.00 bits per heavy atom. The highest BCUT2D eigenvalue weighted by Gasteiger charge is 2.05. The first-order valence-corrected chi connectivity index (χ1v) is 6.85. The number of allylic oxidation sites excluding steroid dienone is 2. The predicted molar refractivity (Wildman–Crippen MR) is 80.7 cm³/mol. The first kappa shape index (κ1) is 16.7. The van der Waals surface area contributed by atoms with Crippen molar-refractivity contribution in [2.45, 2.75) is 32.6 Å². The van der Waals surface area contributed by atoms with E-state index in [0.29, 0.717) is 24.4 Å². The van der Waals surface area contributed by atoms with Crippen molar-refractivity contribution in [3.05, 3.63) is 54.3 Å². The average molecular weight is 288 g/mol. The summed E-state index contributed by atoms with van der Waals surface area (Å²) in [5.74, 6) is 0.928. The van der Waals surface area contributed by atoms with Crippen LogP contribution < -0.4 is 4.74 Å². The molecule has 0 saturated heterocycles. The van der Waals surface area contributed by atoms with Gasteiger partial charge in [-0.3, -0.25) is 9.59 Å². The molecule has 21 heavy (non-hydrogen) atoms. The predicted octanol–water partition coefficient (Wildman–Crippen LogP) is 3.57. The third-order valence-electron chi connectivity index (χ3n) is 2.87. The van der Waals surface area contributed by atoms with Crippen LogP contribution in [0.2, 0.25) is 0 Å². The summed E-state index contributed by atoms with van der Waals surface area (Å²) in [6.45, 7) is 5.76. The highest BCUT2D eigenvalue weighted by atomic mass is 16.5. The van der Waals surface area contributed by atoms with Crippen LogP contribution in [0.1, 0.15) is 31.7 Å². The molecule has 0 N–H and O–H groups in total. The van der Waals surface area contributed by atoms with E-state index in [2.05, 4.69) is 6.58 Å². The minimum absolute atomic E-state index is 0.218. The van der Waals surface area contributed by atoms with E-state index in [9.17, 15) is 9.59 Å². The van der Waals surface area contributed by atoms with Gasteiger partial charge in [0, 0.05) is 6.42 Å². The van der Waals surface area contributed by atoms with Crippen molar-refractivity contribution in [1.29, 1.82) is 0 Å². The van der Waals surface area contributed by atoms with Gasteiger partial charge < -0.3 is 9.47 Å². The molecule has 0 radical (unpaired) electrons. The zero-order valence-corrected chi connectivity index (χ0v) is 12.2. The number of hydrogen-bond acceptors (Lipinski definition) is 4. The summed E-state index contributed by atoms with van der Waals surface area (Å²) < 4.78 is 9.95. The van der Waals surface area contributed by atoms with Gasteiger partial charge in [-0.05, 0) is 43.5 Å². The summed E-state index contributed by atoms with van der Waals surface area (Å²) in [5, 5.41) is 0. The van der Waals surface area contributed by atoms with Crippen molar-refractivity contribution in [1.82, 2.24) is 0 Å².